The number of alkyl halides is 3. The predicted octanol–water partition coefficient (Wildman–Crippen LogP) is 4.45. The predicted molar refractivity (Wildman–Crippen MR) is 78.3 cm³/mol. The minimum atomic E-state index is -4.31. The van der Waals surface area contributed by atoms with E-state index in [1.165, 1.54) is 23.5 Å². The van der Waals surface area contributed by atoms with Crippen LogP contribution in [0, 0.1) is 0 Å². The molecule has 1 aromatic carbocycles. The topological polar surface area (TPSA) is 24.9 Å². The zero-order valence-corrected chi connectivity index (χ0v) is 12.5. The lowest BCUT2D eigenvalue weighted by Gasteiger charge is -2.19. The van der Waals surface area contributed by atoms with E-state index in [0.717, 1.165) is 23.9 Å². The van der Waals surface area contributed by atoms with Crippen molar-refractivity contribution in [1.82, 2.24) is 10.3 Å². The number of nitrogens with one attached hydrogen (secondary N) is 1. The molecule has 0 bridgehead atoms. The molecule has 0 amide bonds. The lowest BCUT2D eigenvalue weighted by molar-refractivity contribution is -0.137. The Morgan fingerprint density at radius 3 is 2.76 bits per heavy atom. The summed E-state index contributed by atoms with van der Waals surface area (Å²) in [4.78, 5) is 5.07. The molecule has 1 unspecified atom stereocenters. The van der Waals surface area contributed by atoms with Gasteiger partial charge >= 0.3 is 6.18 Å². The van der Waals surface area contributed by atoms with Gasteiger partial charge in [0.05, 0.1) is 11.1 Å². The lowest BCUT2D eigenvalue weighted by atomic mass is 10.0. The number of rotatable bonds is 6. The third-order valence-electron chi connectivity index (χ3n) is 3.15. The first kappa shape index (κ1) is 16.0. The Hall–Kier alpha value is -1.40. The molecule has 2 nitrogen and oxygen atoms in total. The Balaban J connectivity index is 2.23. The third-order valence-corrected chi connectivity index (χ3v) is 3.95. The number of thiazole rings is 1. The molecule has 1 aromatic heterocycles. The van der Waals surface area contributed by atoms with Crippen molar-refractivity contribution < 1.29 is 13.2 Å². The van der Waals surface area contributed by atoms with E-state index in [1.807, 2.05) is 6.92 Å². The molecule has 1 N–H and O–H groups in total. The number of halogens is 3. The van der Waals surface area contributed by atoms with Gasteiger partial charge in [0.2, 0.25) is 0 Å². The van der Waals surface area contributed by atoms with Crippen LogP contribution in [0.15, 0.2) is 36.0 Å². The largest absolute Gasteiger partial charge is 0.416 e. The van der Waals surface area contributed by atoms with E-state index in [-0.39, 0.29) is 6.04 Å². The SMILES string of the molecule is CCCNC(Cc1cncs1)c1cccc(C(F)(F)F)c1. The van der Waals surface area contributed by atoms with E-state index >= 15 is 0 Å². The molecule has 0 aliphatic rings. The Labute approximate surface area is 126 Å². The summed E-state index contributed by atoms with van der Waals surface area (Å²) in [6.07, 6.45) is -0.973. The fourth-order valence-electron chi connectivity index (χ4n) is 2.10. The van der Waals surface area contributed by atoms with Crippen molar-refractivity contribution in [3.8, 4) is 0 Å². The number of hydrogen-bond acceptors (Lipinski definition) is 3. The molecule has 114 valence electrons. The molecule has 0 spiro atoms. The Morgan fingerprint density at radius 1 is 1.33 bits per heavy atom. The van der Waals surface area contributed by atoms with Crippen LogP contribution in [0.3, 0.4) is 0 Å². The van der Waals surface area contributed by atoms with Crippen molar-refractivity contribution in [2.24, 2.45) is 0 Å². The molecular weight excluding hydrogens is 297 g/mol. The van der Waals surface area contributed by atoms with E-state index in [2.05, 4.69) is 10.3 Å². The molecule has 0 aliphatic heterocycles. The summed E-state index contributed by atoms with van der Waals surface area (Å²) >= 11 is 1.52. The van der Waals surface area contributed by atoms with Gasteiger partial charge in [-0.05, 0) is 30.7 Å². The summed E-state index contributed by atoms with van der Waals surface area (Å²) in [5.74, 6) is 0. The van der Waals surface area contributed by atoms with Gasteiger partial charge in [-0.15, -0.1) is 11.3 Å². The normalized spacial score (nSPS) is 13.3. The van der Waals surface area contributed by atoms with Crippen molar-refractivity contribution in [2.45, 2.75) is 32.0 Å². The first-order valence-corrected chi connectivity index (χ1v) is 7.66. The molecule has 6 heteroatoms. The standard InChI is InChI=1S/C15H17F3N2S/c1-2-6-20-14(8-13-9-19-10-21-13)11-4-3-5-12(7-11)15(16,17)18/h3-5,7,9-10,14,20H,2,6,8H2,1H3. The molecule has 0 aliphatic carbocycles. The lowest BCUT2D eigenvalue weighted by Crippen LogP contribution is -2.24. The van der Waals surface area contributed by atoms with Gasteiger partial charge in [-0.2, -0.15) is 13.2 Å². The van der Waals surface area contributed by atoms with Crippen molar-refractivity contribution in [2.75, 3.05) is 6.54 Å². The summed E-state index contributed by atoms with van der Waals surface area (Å²) in [5.41, 5.74) is 1.79. The van der Waals surface area contributed by atoms with Gasteiger partial charge in [-0.3, -0.25) is 4.98 Å². The average molecular weight is 314 g/mol. The van der Waals surface area contributed by atoms with Crippen LogP contribution in [0.25, 0.3) is 0 Å². The highest BCUT2D eigenvalue weighted by atomic mass is 32.1. The van der Waals surface area contributed by atoms with Crippen LogP contribution in [0.2, 0.25) is 0 Å². The highest BCUT2D eigenvalue weighted by molar-refractivity contribution is 7.09. The zero-order chi connectivity index (χ0) is 15.3. The van der Waals surface area contributed by atoms with Crippen LogP contribution in [-0.2, 0) is 12.6 Å². The maximum atomic E-state index is 12.8. The summed E-state index contributed by atoms with van der Waals surface area (Å²) in [6.45, 7) is 2.79. The highest BCUT2D eigenvalue weighted by Gasteiger charge is 2.31. The van der Waals surface area contributed by atoms with Gasteiger partial charge in [0.25, 0.3) is 0 Å². The third kappa shape index (κ3) is 4.54. The Morgan fingerprint density at radius 2 is 2.14 bits per heavy atom. The molecule has 0 fully saturated rings. The summed E-state index contributed by atoms with van der Waals surface area (Å²) in [7, 11) is 0. The highest BCUT2D eigenvalue weighted by Crippen LogP contribution is 2.31. The quantitative estimate of drug-likeness (QED) is 0.852. The molecular formula is C15H17F3N2S. The Bertz CT molecular complexity index is 552. The number of benzene rings is 1. The van der Waals surface area contributed by atoms with Gasteiger partial charge in [-0.1, -0.05) is 19.1 Å². The van der Waals surface area contributed by atoms with E-state index in [0.29, 0.717) is 12.0 Å². The monoisotopic (exact) mass is 314 g/mol. The first-order chi connectivity index (χ1) is 10.0. The molecule has 0 saturated heterocycles. The van der Waals surface area contributed by atoms with Crippen LogP contribution in [-0.4, -0.2) is 11.5 Å². The number of nitrogens with zero attached hydrogens (tertiary/aromatic N) is 1. The summed E-state index contributed by atoms with van der Waals surface area (Å²) in [6, 6.07) is 5.41. The van der Waals surface area contributed by atoms with E-state index in [1.54, 1.807) is 17.8 Å². The number of aromatic nitrogens is 1. The molecule has 1 atom stereocenters. The maximum Gasteiger partial charge on any atom is 0.416 e. The molecule has 2 rings (SSSR count). The van der Waals surface area contributed by atoms with Gasteiger partial charge in [0, 0.05) is 23.5 Å². The second-order valence-electron chi connectivity index (χ2n) is 4.80. The molecule has 21 heavy (non-hydrogen) atoms. The van der Waals surface area contributed by atoms with E-state index in [9.17, 15) is 13.2 Å². The van der Waals surface area contributed by atoms with Crippen molar-refractivity contribution in [1.29, 1.82) is 0 Å². The van der Waals surface area contributed by atoms with Crippen molar-refractivity contribution >= 4 is 11.3 Å². The Kier molecular flexibility index (Phi) is 5.36. The molecule has 2 aromatic rings. The van der Waals surface area contributed by atoms with Crippen LogP contribution >= 0.6 is 11.3 Å². The van der Waals surface area contributed by atoms with Gasteiger partial charge in [0.15, 0.2) is 0 Å². The molecule has 0 saturated carbocycles. The smallest absolute Gasteiger partial charge is 0.310 e. The molecule has 0 radical (unpaired) electrons. The number of hydrogen-bond donors (Lipinski definition) is 1. The average Bonchev–Trinajstić information content (AvgIpc) is 2.95. The van der Waals surface area contributed by atoms with Crippen LogP contribution in [0.5, 0.6) is 0 Å². The fraction of sp³-hybridized carbons (Fsp3) is 0.400. The van der Waals surface area contributed by atoms with Gasteiger partial charge in [-0.25, -0.2) is 0 Å². The van der Waals surface area contributed by atoms with Crippen LogP contribution in [0.1, 0.15) is 35.4 Å². The van der Waals surface area contributed by atoms with Gasteiger partial charge < -0.3 is 5.32 Å². The fourth-order valence-corrected chi connectivity index (χ4v) is 2.74. The van der Waals surface area contributed by atoms with E-state index < -0.39 is 11.7 Å². The second-order valence-corrected chi connectivity index (χ2v) is 5.77. The summed E-state index contributed by atoms with van der Waals surface area (Å²) < 4.78 is 38.5. The minimum Gasteiger partial charge on any atom is -0.310 e. The zero-order valence-electron chi connectivity index (χ0n) is 11.7. The minimum absolute atomic E-state index is 0.132. The maximum absolute atomic E-state index is 12.8. The van der Waals surface area contributed by atoms with Crippen LogP contribution < -0.4 is 5.32 Å². The molecule has 1 heterocycles. The van der Waals surface area contributed by atoms with Crippen molar-refractivity contribution in [3.63, 3.8) is 0 Å². The summed E-state index contributed by atoms with van der Waals surface area (Å²) in [5, 5.41) is 3.31. The van der Waals surface area contributed by atoms with Gasteiger partial charge in [0.1, 0.15) is 0 Å². The van der Waals surface area contributed by atoms with Crippen LogP contribution in [0.4, 0.5) is 13.2 Å². The van der Waals surface area contributed by atoms with E-state index in [4.69, 9.17) is 0 Å². The first-order valence-electron chi connectivity index (χ1n) is 6.78. The second kappa shape index (κ2) is 7.04. The van der Waals surface area contributed by atoms with Crippen molar-refractivity contribution in [3.05, 3.63) is 52.0 Å².